The zero-order valence-corrected chi connectivity index (χ0v) is 5.87. The van der Waals surface area contributed by atoms with Gasteiger partial charge in [-0.05, 0) is 7.05 Å². The topological polar surface area (TPSA) is 77.8 Å². The molecule has 0 aliphatic heterocycles. The molecule has 2 N–H and O–H groups in total. The fourth-order valence-electron chi connectivity index (χ4n) is 0.271. The molecule has 6 heteroatoms. The van der Waals surface area contributed by atoms with Crippen LogP contribution in [0.15, 0.2) is 0 Å². The summed E-state index contributed by atoms with van der Waals surface area (Å²) < 4.78 is 11.0. The third-order valence-corrected chi connectivity index (χ3v) is 1.51. The molecule has 0 rings (SSSR count). The van der Waals surface area contributed by atoms with Crippen LogP contribution < -0.4 is 0 Å². The standard InChI is InChI=1S/C3H8NO4P/c1-4(9(7)8)2-3(5)6/h9H,2H2,1H3,(H,5,6)(H,7,8). The molecular weight excluding hydrogens is 145 g/mol. The Morgan fingerprint density at radius 3 is 2.33 bits per heavy atom. The predicted octanol–water partition coefficient (Wildman–Crippen LogP) is -0.615. The zero-order valence-electron chi connectivity index (χ0n) is 4.87. The van der Waals surface area contributed by atoms with Crippen LogP contribution >= 0.6 is 8.18 Å². The van der Waals surface area contributed by atoms with Crippen LogP contribution in [0.3, 0.4) is 0 Å². The van der Waals surface area contributed by atoms with Gasteiger partial charge in [0.15, 0.2) is 0 Å². The van der Waals surface area contributed by atoms with Crippen molar-refractivity contribution in [2.75, 3.05) is 13.6 Å². The van der Waals surface area contributed by atoms with E-state index in [9.17, 15) is 9.36 Å². The summed E-state index contributed by atoms with van der Waals surface area (Å²) >= 11 is 0. The lowest BCUT2D eigenvalue weighted by Gasteiger charge is -2.06. The number of aliphatic carboxylic acids is 1. The summed E-state index contributed by atoms with van der Waals surface area (Å²) in [5.41, 5.74) is 0. The monoisotopic (exact) mass is 153 g/mol. The first-order valence-electron chi connectivity index (χ1n) is 2.20. The Hall–Kier alpha value is -0.380. The predicted molar refractivity (Wildman–Crippen MR) is 31.5 cm³/mol. The van der Waals surface area contributed by atoms with E-state index in [0.29, 0.717) is 0 Å². The Bertz CT molecular complexity index is 136. The van der Waals surface area contributed by atoms with Crippen molar-refractivity contribution >= 4 is 14.1 Å². The summed E-state index contributed by atoms with van der Waals surface area (Å²) in [5, 5.41) is 8.06. The SMILES string of the molecule is CN(CC(=O)O)[PH](=O)O. The Morgan fingerprint density at radius 1 is 1.78 bits per heavy atom. The van der Waals surface area contributed by atoms with Gasteiger partial charge in [0.05, 0.1) is 0 Å². The summed E-state index contributed by atoms with van der Waals surface area (Å²) in [4.78, 5) is 18.1. The van der Waals surface area contributed by atoms with Gasteiger partial charge in [-0.2, -0.15) is 0 Å². The molecule has 5 nitrogen and oxygen atoms in total. The van der Waals surface area contributed by atoms with E-state index in [1.54, 1.807) is 0 Å². The highest BCUT2D eigenvalue weighted by molar-refractivity contribution is 7.35. The van der Waals surface area contributed by atoms with Crippen molar-refractivity contribution in [1.82, 2.24) is 4.67 Å². The number of carbonyl (C=O) groups is 1. The van der Waals surface area contributed by atoms with Crippen molar-refractivity contribution in [1.29, 1.82) is 0 Å². The van der Waals surface area contributed by atoms with E-state index in [4.69, 9.17) is 10.00 Å². The van der Waals surface area contributed by atoms with Crippen molar-refractivity contribution < 1.29 is 19.4 Å². The Balaban J connectivity index is 3.63. The summed E-state index contributed by atoms with van der Waals surface area (Å²) in [6.07, 6.45) is 0. The van der Waals surface area contributed by atoms with Crippen LogP contribution in [0.1, 0.15) is 0 Å². The molecule has 9 heavy (non-hydrogen) atoms. The lowest BCUT2D eigenvalue weighted by atomic mass is 10.7. The molecule has 0 saturated heterocycles. The minimum atomic E-state index is -2.80. The van der Waals surface area contributed by atoms with Crippen molar-refractivity contribution in [3.63, 3.8) is 0 Å². The number of rotatable bonds is 3. The molecule has 0 saturated carbocycles. The highest BCUT2D eigenvalue weighted by Gasteiger charge is 2.06. The van der Waals surface area contributed by atoms with E-state index in [0.717, 1.165) is 4.67 Å². The molecule has 1 unspecified atom stereocenters. The lowest BCUT2D eigenvalue weighted by Crippen LogP contribution is -2.18. The largest absolute Gasteiger partial charge is 0.480 e. The zero-order chi connectivity index (χ0) is 7.44. The van der Waals surface area contributed by atoms with Gasteiger partial charge >= 0.3 is 5.97 Å². The van der Waals surface area contributed by atoms with Gasteiger partial charge in [-0.25, -0.2) is 4.67 Å². The second-order valence-corrected chi connectivity index (χ2v) is 2.86. The first kappa shape index (κ1) is 8.62. The molecule has 0 aliphatic rings. The van der Waals surface area contributed by atoms with Gasteiger partial charge in [0.1, 0.15) is 6.54 Å². The first-order chi connectivity index (χ1) is 4.04. The lowest BCUT2D eigenvalue weighted by molar-refractivity contribution is -0.137. The molecule has 0 aromatic carbocycles. The number of likely N-dealkylation sites (N-methyl/N-ethyl adjacent to an activating group) is 1. The molecular formula is C3H8NO4P. The highest BCUT2D eigenvalue weighted by atomic mass is 31.1. The maximum absolute atomic E-state index is 10.1. The summed E-state index contributed by atoms with van der Waals surface area (Å²) in [5.74, 6) is -1.11. The average Bonchev–Trinajstić information content (AvgIpc) is 1.63. The Kier molecular flexibility index (Phi) is 3.46. The number of carboxylic acid groups (broad SMARTS) is 1. The van der Waals surface area contributed by atoms with E-state index < -0.39 is 20.7 Å². The molecule has 0 aromatic rings. The molecule has 0 aromatic heterocycles. The van der Waals surface area contributed by atoms with Crippen LogP contribution in [-0.2, 0) is 9.36 Å². The van der Waals surface area contributed by atoms with Crippen LogP contribution in [0.4, 0.5) is 0 Å². The quantitative estimate of drug-likeness (QED) is 0.528. The first-order valence-corrected chi connectivity index (χ1v) is 3.50. The van der Waals surface area contributed by atoms with Gasteiger partial charge in [0.25, 0.3) is 8.18 Å². The molecule has 54 valence electrons. The highest BCUT2D eigenvalue weighted by Crippen LogP contribution is 2.16. The van der Waals surface area contributed by atoms with Crippen molar-refractivity contribution in [3.05, 3.63) is 0 Å². The number of nitrogens with zero attached hydrogens (tertiary/aromatic N) is 1. The van der Waals surface area contributed by atoms with Gasteiger partial charge in [0.2, 0.25) is 0 Å². The second kappa shape index (κ2) is 3.61. The molecule has 0 bridgehead atoms. The van der Waals surface area contributed by atoms with Gasteiger partial charge < -0.3 is 10.00 Å². The van der Waals surface area contributed by atoms with E-state index in [1.165, 1.54) is 7.05 Å². The normalized spacial score (nSPS) is 13.7. The third-order valence-electron chi connectivity index (χ3n) is 0.699. The minimum absolute atomic E-state index is 0.395. The third kappa shape index (κ3) is 4.14. The van der Waals surface area contributed by atoms with Gasteiger partial charge in [-0.1, -0.05) is 0 Å². The summed E-state index contributed by atoms with van der Waals surface area (Å²) in [6.45, 7) is -0.395. The van der Waals surface area contributed by atoms with Crippen LogP contribution in [0, 0.1) is 0 Å². The maximum Gasteiger partial charge on any atom is 0.318 e. The molecule has 0 radical (unpaired) electrons. The second-order valence-electron chi connectivity index (χ2n) is 1.53. The summed E-state index contributed by atoms with van der Waals surface area (Å²) in [6, 6.07) is 0. The van der Waals surface area contributed by atoms with E-state index in [-0.39, 0.29) is 0 Å². The van der Waals surface area contributed by atoms with Crippen molar-refractivity contribution in [2.24, 2.45) is 0 Å². The molecule has 0 amide bonds. The molecule has 0 heterocycles. The average molecular weight is 153 g/mol. The van der Waals surface area contributed by atoms with Gasteiger partial charge in [-0.15, -0.1) is 0 Å². The van der Waals surface area contributed by atoms with E-state index >= 15 is 0 Å². The van der Waals surface area contributed by atoms with E-state index in [1.807, 2.05) is 0 Å². The molecule has 0 fully saturated rings. The van der Waals surface area contributed by atoms with E-state index in [2.05, 4.69) is 0 Å². The minimum Gasteiger partial charge on any atom is -0.480 e. The fraction of sp³-hybridized carbons (Fsp3) is 0.667. The Labute approximate surface area is 52.8 Å². The molecule has 1 atom stereocenters. The number of hydrogen-bond acceptors (Lipinski definition) is 2. The van der Waals surface area contributed by atoms with Crippen LogP contribution in [0.2, 0.25) is 0 Å². The van der Waals surface area contributed by atoms with Gasteiger partial charge in [0, 0.05) is 0 Å². The van der Waals surface area contributed by atoms with Crippen LogP contribution in [0.5, 0.6) is 0 Å². The van der Waals surface area contributed by atoms with Gasteiger partial charge in [-0.3, -0.25) is 9.36 Å². The molecule has 0 aliphatic carbocycles. The van der Waals surface area contributed by atoms with Crippen LogP contribution in [-0.4, -0.2) is 34.2 Å². The smallest absolute Gasteiger partial charge is 0.318 e. The Morgan fingerprint density at radius 2 is 2.22 bits per heavy atom. The van der Waals surface area contributed by atoms with Crippen molar-refractivity contribution in [3.8, 4) is 0 Å². The van der Waals surface area contributed by atoms with Crippen molar-refractivity contribution in [2.45, 2.75) is 0 Å². The number of hydrogen-bond donors (Lipinski definition) is 2. The molecule has 0 spiro atoms. The summed E-state index contributed by atoms with van der Waals surface area (Å²) in [7, 11) is -1.53. The fourth-order valence-corrected chi connectivity index (χ4v) is 0.541. The number of carboxylic acids is 1. The maximum atomic E-state index is 10.1. The van der Waals surface area contributed by atoms with Crippen LogP contribution in [0.25, 0.3) is 0 Å².